The topological polar surface area (TPSA) is 66.4 Å². The van der Waals surface area contributed by atoms with Gasteiger partial charge in [0.2, 0.25) is 10.0 Å². The van der Waals surface area contributed by atoms with E-state index in [9.17, 15) is 8.42 Å². The third kappa shape index (κ3) is 1.72. The number of fused-ring (bicyclic) bond motifs is 2. The van der Waals surface area contributed by atoms with Crippen molar-refractivity contribution < 1.29 is 8.42 Å². The Morgan fingerprint density at radius 2 is 1.95 bits per heavy atom. The molecule has 0 aliphatic carbocycles. The average molecular weight is 282 g/mol. The normalized spacial score (nSPS) is 26.2. The van der Waals surface area contributed by atoms with E-state index in [1.165, 1.54) is 10.6 Å². The molecule has 7 heteroatoms. The molecule has 0 N–H and O–H groups in total. The molecule has 1 aromatic heterocycles. The van der Waals surface area contributed by atoms with Crippen molar-refractivity contribution in [3.63, 3.8) is 0 Å². The molecule has 6 nitrogen and oxygen atoms in total. The molecule has 0 saturated carbocycles. The van der Waals surface area contributed by atoms with Crippen LogP contribution in [0.1, 0.15) is 24.1 Å². The number of rotatable bonds is 0. The monoisotopic (exact) mass is 282 g/mol. The first-order valence-electron chi connectivity index (χ1n) is 6.41. The summed E-state index contributed by atoms with van der Waals surface area (Å²) >= 11 is 0. The molecule has 0 bridgehead atoms. The van der Waals surface area contributed by atoms with Crippen LogP contribution in [0.25, 0.3) is 0 Å². The van der Waals surface area contributed by atoms with E-state index in [0.29, 0.717) is 25.1 Å². The van der Waals surface area contributed by atoms with Crippen molar-refractivity contribution in [2.45, 2.75) is 24.1 Å². The smallest absolute Gasteiger partial charge is 0.225 e. The predicted octanol–water partition coefficient (Wildman–Crippen LogP) is 0.173. The zero-order valence-corrected chi connectivity index (χ0v) is 12.0. The van der Waals surface area contributed by atoms with Gasteiger partial charge >= 0.3 is 0 Å². The highest BCUT2D eigenvalue weighted by atomic mass is 32.2. The Balaban J connectivity index is 2.19. The van der Waals surface area contributed by atoms with Gasteiger partial charge in [-0.1, -0.05) is 0 Å². The Hall–Kier alpha value is -1.05. The van der Waals surface area contributed by atoms with Gasteiger partial charge in [0, 0.05) is 25.4 Å². The number of likely N-dealkylation sites (tertiary alicyclic amines) is 1. The Morgan fingerprint density at radius 3 is 2.63 bits per heavy atom. The Labute approximate surface area is 113 Å². The fraction of sp³-hybridized carbons (Fsp3) is 0.667. The molecule has 2 aliphatic rings. The molecule has 1 fully saturated rings. The summed E-state index contributed by atoms with van der Waals surface area (Å²) < 4.78 is 26.2. The zero-order valence-electron chi connectivity index (χ0n) is 11.2. The minimum absolute atomic E-state index is 0.371. The van der Waals surface area contributed by atoms with E-state index in [1.54, 1.807) is 13.2 Å². The van der Waals surface area contributed by atoms with Crippen molar-refractivity contribution in [1.29, 1.82) is 0 Å². The summed E-state index contributed by atoms with van der Waals surface area (Å²) in [6.07, 6.45) is 4.40. The summed E-state index contributed by atoms with van der Waals surface area (Å²) in [7, 11) is 0.320. The minimum Gasteiger partial charge on any atom is -0.306 e. The molecular weight excluding hydrogens is 264 g/mol. The minimum atomic E-state index is -3.35. The molecule has 104 valence electrons. The van der Waals surface area contributed by atoms with E-state index in [1.807, 2.05) is 7.05 Å². The quantitative estimate of drug-likeness (QED) is 0.679. The van der Waals surface area contributed by atoms with Gasteiger partial charge < -0.3 is 4.90 Å². The lowest BCUT2D eigenvalue weighted by atomic mass is 9.89. The fourth-order valence-electron chi connectivity index (χ4n) is 3.10. The largest absolute Gasteiger partial charge is 0.306 e. The second-order valence-corrected chi connectivity index (χ2v) is 7.81. The van der Waals surface area contributed by atoms with E-state index < -0.39 is 14.8 Å². The second-order valence-electron chi connectivity index (χ2n) is 5.46. The van der Waals surface area contributed by atoms with Crippen molar-refractivity contribution in [3.05, 3.63) is 23.8 Å². The molecule has 2 aliphatic heterocycles. The number of piperidine rings is 1. The summed E-state index contributed by atoms with van der Waals surface area (Å²) in [5.41, 5.74) is 1.65. The summed E-state index contributed by atoms with van der Waals surface area (Å²) in [5.74, 6) is 0. The summed E-state index contributed by atoms with van der Waals surface area (Å²) in [6.45, 7) is 1.92. The van der Waals surface area contributed by atoms with E-state index in [0.717, 1.165) is 18.7 Å². The van der Waals surface area contributed by atoms with E-state index in [-0.39, 0.29) is 0 Å². The maximum Gasteiger partial charge on any atom is 0.225 e. The number of aromatic nitrogens is 2. The number of hydrogen-bond acceptors (Lipinski definition) is 5. The van der Waals surface area contributed by atoms with Gasteiger partial charge in [-0.2, -0.15) is 4.31 Å². The van der Waals surface area contributed by atoms with E-state index >= 15 is 0 Å². The first kappa shape index (κ1) is 13.0. The van der Waals surface area contributed by atoms with Crippen LogP contribution in [0.4, 0.5) is 0 Å². The Kier molecular flexibility index (Phi) is 2.88. The van der Waals surface area contributed by atoms with Crippen LogP contribution in [0.2, 0.25) is 0 Å². The van der Waals surface area contributed by atoms with Gasteiger partial charge in [-0.15, -0.1) is 0 Å². The molecule has 0 unspecified atom stereocenters. The summed E-state index contributed by atoms with van der Waals surface area (Å²) in [5, 5.41) is 0. The molecule has 1 saturated heterocycles. The van der Waals surface area contributed by atoms with Crippen LogP contribution in [0.5, 0.6) is 0 Å². The number of nitrogens with zero attached hydrogens (tertiary/aromatic N) is 4. The predicted molar refractivity (Wildman–Crippen MR) is 70.8 cm³/mol. The maximum atomic E-state index is 12.8. The molecule has 0 radical (unpaired) electrons. The second kappa shape index (κ2) is 4.22. The molecule has 19 heavy (non-hydrogen) atoms. The lowest BCUT2D eigenvalue weighted by molar-refractivity contribution is 0.217. The van der Waals surface area contributed by atoms with Crippen molar-refractivity contribution in [3.8, 4) is 0 Å². The first-order chi connectivity index (χ1) is 8.97. The van der Waals surface area contributed by atoms with Crippen LogP contribution < -0.4 is 0 Å². The zero-order chi connectivity index (χ0) is 13.7. The summed E-state index contributed by atoms with van der Waals surface area (Å²) in [4.78, 5) is 10.5. The molecule has 0 amide bonds. The number of sulfonamides is 1. The molecule has 1 aromatic rings. The Bertz CT molecular complexity index is 594. The molecule has 3 heterocycles. The lowest BCUT2D eigenvalue weighted by Crippen LogP contribution is -2.54. The number of hydrogen-bond donors (Lipinski definition) is 0. The molecule has 3 rings (SSSR count). The van der Waals surface area contributed by atoms with Gasteiger partial charge in [0.15, 0.2) is 0 Å². The third-order valence-electron chi connectivity index (χ3n) is 4.31. The van der Waals surface area contributed by atoms with Crippen molar-refractivity contribution >= 4 is 10.0 Å². The van der Waals surface area contributed by atoms with Gasteiger partial charge in [-0.3, -0.25) is 0 Å². The standard InChI is InChI=1S/C12H18N4O2S/c1-15-5-3-12(4-6-15)11-10(7-13-9-14-11)8-16(2)19(12,17)18/h7,9H,3-6,8H2,1-2H3. The van der Waals surface area contributed by atoms with Gasteiger partial charge in [0.1, 0.15) is 11.1 Å². The van der Waals surface area contributed by atoms with Crippen LogP contribution in [0.15, 0.2) is 12.5 Å². The molecule has 1 spiro atoms. The van der Waals surface area contributed by atoms with Crippen LogP contribution in [0, 0.1) is 0 Å². The molecule has 0 atom stereocenters. The highest BCUT2D eigenvalue weighted by molar-refractivity contribution is 7.90. The highest BCUT2D eigenvalue weighted by Gasteiger charge is 2.53. The summed E-state index contributed by atoms with van der Waals surface area (Å²) in [6, 6.07) is 0. The fourth-order valence-corrected chi connectivity index (χ4v) is 5.14. The van der Waals surface area contributed by atoms with Crippen molar-refractivity contribution in [2.75, 3.05) is 27.2 Å². The van der Waals surface area contributed by atoms with Crippen LogP contribution in [-0.4, -0.2) is 54.8 Å². The van der Waals surface area contributed by atoms with Crippen LogP contribution in [0.3, 0.4) is 0 Å². The average Bonchev–Trinajstić information content (AvgIpc) is 2.39. The van der Waals surface area contributed by atoms with Crippen LogP contribution >= 0.6 is 0 Å². The van der Waals surface area contributed by atoms with Crippen molar-refractivity contribution in [1.82, 2.24) is 19.2 Å². The van der Waals surface area contributed by atoms with Gasteiger partial charge in [0.05, 0.1) is 5.69 Å². The molecular formula is C12H18N4O2S. The highest BCUT2D eigenvalue weighted by Crippen LogP contribution is 2.45. The first-order valence-corrected chi connectivity index (χ1v) is 7.85. The third-order valence-corrected chi connectivity index (χ3v) is 6.85. The Morgan fingerprint density at radius 1 is 1.26 bits per heavy atom. The van der Waals surface area contributed by atoms with Gasteiger partial charge in [-0.25, -0.2) is 18.4 Å². The lowest BCUT2D eigenvalue weighted by Gasteiger charge is -2.45. The van der Waals surface area contributed by atoms with Crippen molar-refractivity contribution in [2.24, 2.45) is 0 Å². The van der Waals surface area contributed by atoms with E-state index in [2.05, 4.69) is 14.9 Å². The van der Waals surface area contributed by atoms with Gasteiger partial charge in [0.25, 0.3) is 0 Å². The maximum absolute atomic E-state index is 12.8. The van der Waals surface area contributed by atoms with E-state index in [4.69, 9.17) is 0 Å². The van der Waals surface area contributed by atoms with Gasteiger partial charge in [-0.05, 0) is 33.0 Å². The SMILES string of the molecule is CN1CCC2(CC1)c1ncncc1CN(C)S2(=O)=O. The molecule has 0 aromatic carbocycles. The van der Waals surface area contributed by atoms with Crippen LogP contribution in [-0.2, 0) is 21.3 Å².